The molecule has 1 aliphatic heterocycles. The fourth-order valence-corrected chi connectivity index (χ4v) is 3.19. The molecule has 1 fully saturated rings. The van der Waals surface area contributed by atoms with Crippen molar-refractivity contribution in [1.82, 2.24) is 5.32 Å². The monoisotopic (exact) mass is 447 g/mol. The first kappa shape index (κ1) is 18.1. The summed E-state index contributed by atoms with van der Waals surface area (Å²) in [7, 11) is 0. The minimum Gasteiger partial charge on any atom is -0.490 e. The van der Waals surface area contributed by atoms with Crippen LogP contribution >= 0.6 is 34.4 Å². The summed E-state index contributed by atoms with van der Waals surface area (Å²) in [6, 6.07) is 3.82. The zero-order valence-electron chi connectivity index (χ0n) is 13.1. The molecule has 1 N–H and O–H groups in total. The van der Waals surface area contributed by atoms with Gasteiger partial charge in [0.1, 0.15) is 0 Å². The van der Waals surface area contributed by atoms with Gasteiger partial charge in [0.25, 0.3) is 0 Å². The van der Waals surface area contributed by atoms with E-state index in [0.717, 1.165) is 14.9 Å². The fourth-order valence-electron chi connectivity index (χ4n) is 1.80. The van der Waals surface area contributed by atoms with Crippen molar-refractivity contribution >= 4 is 51.6 Å². The Morgan fingerprint density at radius 2 is 2.26 bits per heavy atom. The van der Waals surface area contributed by atoms with E-state index < -0.39 is 0 Å². The topological polar surface area (TPSA) is 72.3 Å². The number of ether oxygens (including phenoxy) is 2. The van der Waals surface area contributed by atoms with Crippen LogP contribution in [0, 0.1) is 3.57 Å². The van der Waals surface area contributed by atoms with Crippen molar-refractivity contribution < 1.29 is 14.3 Å². The van der Waals surface area contributed by atoms with Gasteiger partial charge in [-0.05, 0) is 61.1 Å². The molecule has 0 atom stereocenters. The average Bonchev–Trinajstić information content (AvgIpc) is 2.88. The SMILES string of the molecule is CCOc1cc(C=NN=C2NC(=O)CS2)cc(I)c1OC(C)C. The van der Waals surface area contributed by atoms with Gasteiger partial charge in [-0.15, -0.1) is 5.10 Å². The van der Waals surface area contributed by atoms with Gasteiger partial charge in [0.2, 0.25) is 5.91 Å². The van der Waals surface area contributed by atoms with Crippen molar-refractivity contribution in [2.75, 3.05) is 12.4 Å². The van der Waals surface area contributed by atoms with E-state index in [-0.39, 0.29) is 12.0 Å². The van der Waals surface area contributed by atoms with E-state index in [9.17, 15) is 4.79 Å². The lowest BCUT2D eigenvalue weighted by Crippen LogP contribution is -2.19. The number of carbonyl (C=O) groups excluding carboxylic acids is 1. The van der Waals surface area contributed by atoms with Gasteiger partial charge in [-0.1, -0.05) is 11.8 Å². The summed E-state index contributed by atoms with van der Waals surface area (Å²) in [4.78, 5) is 11.1. The summed E-state index contributed by atoms with van der Waals surface area (Å²) in [5, 5.41) is 11.2. The summed E-state index contributed by atoms with van der Waals surface area (Å²) in [5.74, 6) is 1.77. The number of nitrogens with one attached hydrogen (secondary N) is 1. The minimum absolute atomic E-state index is 0.0488. The highest BCUT2D eigenvalue weighted by atomic mass is 127. The van der Waals surface area contributed by atoms with Crippen LogP contribution in [0.4, 0.5) is 0 Å². The lowest BCUT2D eigenvalue weighted by molar-refractivity contribution is -0.116. The number of halogens is 1. The van der Waals surface area contributed by atoms with Gasteiger partial charge in [0.15, 0.2) is 16.7 Å². The summed E-state index contributed by atoms with van der Waals surface area (Å²) in [6.07, 6.45) is 1.69. The summed E-state index contributed by atoms with van der Waals surface area (Å²) in [5.41, 5.74) is 0.854. The number of nitrogens with zero attached hydrogens (tertiary/aromatic N) is 2. The molecule has 0 bridgehead atoms. The first-order valence-electron chi connectivity index (χ1n) is 7.16. The molecule has 8 heteroatoms. The second-order valence-electron chi connectivity index (χ2n) is 4.92. The summed E-state index contributed by atoms with van der Waals surface area (Å²) in [6.45, 7) is 6.44. The lowest BCUT2D eigenvalue weighted by atomic mass is 10.2. The molecule has 1 aromatic rings. The third kappa shape index (κ3) is 5.38. The number of rotatable bonds is 6. The highest BCUT2D eigenvalue weighted by molar-refractivity contribution is 14.1. The first-order chi connectivity index (χ1) is 11.0. The van der Waals surface area contributed by atoms with Crippen LogP contribution in [0.1, 0.15) is 26.3 Å². The third-order valence-electron chi connectivity index (χ3n) is 2.63. The molecule has 1 aliphatic rings. The van der Waals surface area contributed by atoms with Crippen molar-refractivity contribution in [1.29, 1.82) is 0 Å². The molecule has 0 radical (unpaired) electrons. The number of benzene rings is 1. The Labute approximate surface area is 153 Å². The summed E-state index contributed by atoms with van der Waals surface area (Å²) >= 11 is 3.55. The van der Waals surface area contributed by atoms with Gasteiger partial charge < -0.3 is 14.8 Å². The molecule has 23 heavy (non-hydrogen) atoms. The van der Waals surface area contributed by atoms with Crippen molar-refractivity contribution in [3.05, 3.63) is 21.3 Å². The molecule has 124 valence electrons. The van der Waals surface area contributed by atoms with E-state index in [2.05, 4.69) is 38.1 Å². The molecule has 0 unspecified atom stereocenters. The zero-order chi connectivity index (χ0) is 16.8. The Balaban J connectivity index is 2.20. The number of thioether (sulfide) groups is 1. The average molecular weight is 447 g/mol. The van der Waals surface area contributed by atoms with Crippen molar-refractivity contribution in [2.24, 2.45) is 10.2 Å². The highest BCUT2D eigenvalue weighted by Gasteiger charge is 2.16. The maximum Gasteiger partial charge on any atom is 0.236 e. The molecule has 0 saturated carbocycles. The molecule has 0 aliphatic carbocycles. The molecule has 0 spiro atoms. The lowest BCUT2D eigenvalue weighted by Gasteiger charge is -2.16. The maximum atomic E-state index is 11.1. The van der Waals surface area contributed by atoms with E-state index >= 15 is 0 Å². The van der Waals surface area contributed by atoms with Gasteiger partial charge in [0, 0.05) is 0 Å². The Hall–Kier alpha value is -1.29. The zero-order valence-corrected chi connectivity index (χ0v) is 16.1. The maximum absolute atomic E-state index is 11.1. The minimum atomic E-state index is -0.0488. The van der Waals surface area contributed by atoms with Gasteiger partial charge in [-0.3, -0.25) is 4.79 Å². The number of carbonyl (C=O) groups is 1. The number of amides is 1. The Bertz CT molecular complexity index is 647. The predicted octanol–water partition coefficient (Wildman–Crippen LogP) is 3.03. The van der Waals surface area contributed by atoms with Crippen LogP contribution in [0.15, 0.2) is 22.3 Å². The van der Waals surface area contributed by atoms with E-state index in [0.29, 0.717) is 23.3 Å². The van der Waals surface area contributed by atoms with Crippen LogP contribution in [0.2, 0.25) is 0 Å². The molecular formula is C15H18IN3O3S. The Kier molecular flexibility index (Phi) is 6.70. The van der Waals surface area contributed by atoms with Gasteiger partial charge in [-0.25, -0.2) is 0 Å². The summed E-state index contributed by atoms with van der Waals surface area (Å²) < 4.78 is 12.4. The number of amidine groups is 1. The van der Waals surface area contributed by atoms with Gasteiger partial charge >= 0.3 is 0 Å². The number of hydrogen-bond donors (Lipinski definition) is 1. The molecule has 6 nitrogen and oxygen atoms in total. The molecule has 1 heterocycles. The highest BCUT2D eigenvalue weighted by Crippen LogP contribution is 2.34. The van der Waals surface area contributed by atoms with Crippen LogP contribution in [-0.4, -0.2) is 35.8 Å². The van der Waals surface area contributed by atoms with E-state index in [1.165, 1.54) is 11.8 Å². The van der Waals surface area contributed by atoms with Crippen molar-refractivity contribution in [3.63, 3.8) is 0 Å². The molecule has 0 aromatic heterocycles. The third-order valence-corrected chi connectivity index (χ3v) is 4.29. The molecule has 1 saturated heterocycles. The van der Waals surface area contributed by atoms with Gasteiger partial charge in [0.05, 0.1) is 28.2 Å². The van der Waals surface area contributed by atoms with E-state index in [1.54, 1.807) is 6.21 Å². The quantitative estimate of drug-likeness (QED) is 0.414. The van der Waals surface area contributed by atoms with Crippen molar-refractivity contribution in [2.45, 2.75) is 26.9 Å². The largest absolute Gasteiger partial charge is 0.490 e. The van der Waals surface area contributed by atoms with Crippen LogP contribution in [-0.2, 0) is 4.79 Å². The molecule has 1 aromatic carbocycles. The predicted molar refractivity (Wildman–Crippen MR) is 102 cm³/mol. The normalized spacial score (nSPS) is 16.4. The second kappa shape index (κ2) is 8.53. The van der Waals surface area contributed by atoms with Crippen LogP contribution in [0.3, 0.4) is 0 Å². The molecular weight excluding hydrogens is 429 g/mol. The first-order valence-corrected chi connectivity index (χ1v) is 9.22. The molecule has 1 amide bonds. The Morgan fingerprint density at radius 1 is 1.48 bits per heavy atom. The molecule has 2 rings (SSSR count). The van der Waals surface area contributed by atoms with E-state index in [4.69, 9.17) is 9.47 Å². The van der Waals surface area contributed by atoms with Crippen LogP contribution in [0.5, 0.6) is 11.5 Å². The fraction of sp³-hybridized carbons (Fsp3) is 0.400. The standard InChI is InChI=1S/C15H18IN3O3S/c1-4-21-12-6-10(5-11(16)14(12)22-9(2)3)7-17-19-15-18-13(20)8-23-15/h5-7,9H,4,8H2,1-3H3,(H,18,19,20). The second-order valence-corrected chi connectivity index (χ2v) is 7.04. The van der Waals surface area contributed by atoms with Crippen molar-refractivity contribution in [3.8, 4) is 11.5 Å². The van der Waals surface area contributed by atoms with E-state index in [1.807, 2.05) is 32.9 Å². The number of hydrogen-bond acceptors (Lipinski definition) is 6. The van der Waals surface area contributed by atoms with Crippen LogP contribution < -0.4 is 14.8 Å². The smallest absolute Gasteiger partial charge is 0.236 e. The van der Waals surface area contributed by atoms with Gasteiger partial charge in [-0.2, -0.15) is 5.10 Å². The Morgan fingerprint density at radius 3 is 2.87 bits per heavy atom. The van der Waals surface area contributed by atoms with Crippen LogP contribution in [0.25, 0.3) is 0 Å².